The van der Waals surface area contributed by atoms with Crippen molar-refractivity contribution in [2.75, 3.05) is 26.0 Å². The van der Waals surface area contributed by atoms with E-state index in [-0.39, 0.29) is 17.8 Å². The molecule has 0 unspecified atom stereocenters. The Labute approximate surface area is 150 Å². The van der Waals surface area contributed by atoms with Gasteiger partial charge in [-0.15, -0.1) is 11.8 Å². The van der Waals surface area contributed by atoms with Gasteiger partial charge in [0.25, 0.3) is 0 Å². The Kier molecular flexibility index (Phi) is 6.53. The van der Waals surface area contributed by atoms with E-state index in [0.29, 0.717) is 31.7 Å². The number of rotatable bonds is 4. The molecule has 0 bridgehead atoms. The van der Waals surface area contributed by atoms with Crippen LogP contribution < -0.4 is 0 Å². The summed E-state index contributed by atoms with van der Waals surface area (Å²) in [5.74, 6) is 0.351. The molecule has 0 radical (unpaired) electrons. The molecule has 0 spiro atoms. The zero-order valence-corrected chi connectivity index (χ0v) is 16.1. The Hall–Kier alpha value is -1.01. The zero-order chi connectivity index (χ0) is 17.0. The van der Waals surface area contributed by atoms with Crippen LogP contribution in [0.15, 0.2) is 21.5 Å². The Morgan fingerprint density at radius 3 is 2.52 bits per heavy atom. The average molecular weight is 400 g/mol. The Morgan fingerprint density at radius 1 is 1.26 bits per heavy atom. The van der Waals surface area contributed by atoms with Crippen LogP contribution in [-0.4, -0.2) is 42.7 Å². The highest BCUT2D eigenvalue weighted by Crippen LogP contribution is 2.29. The van der Waals surface area contributed by atoms with Gasteiger partial charge < -0.3 is 9.64 Å². The molecule has 6 heteroatoms. The summed E-state index contributed by atoms with van der Waals surface area (Å²) in [4.78, 5) is 26.9. The first-order chi connectivity index (χ1) is 10.9. The molecule has 0 aliphatic carbocycles. The summed E-state index contributed by atoms with van der Waals surface area (Å²) in [6, 6.07) is 4.20. The minimum absolute atomic E-state index is 0.0620. The molecule has 1 fully saturated rings. The van der Waals surface area contributed by atoms with Crippen molar-refractivity contribution in [3.05, 3.63) is 27.7 Å². The molecule has 1 amide bonds. The van der Waals surface area contributed by atoms with E-state index in [9.17, 15) is 9.59 Å². The summed E-state index contributed by atoms with van der Waals surface area (Å²) in [6.07, 6.45) is 1.39. The molecule has 1 saturated heterocycles. The quantitative estimate of drug-likeness (QED) is 0.573. The molecule has 126 valence electrons. The van der Waals surface area contributed by atoms with Gasteiger partial charge in [-0.05, 0) is 49.9 Å². The third-order valence-electron chi connectivity index (χ3n) is 4.19. The topological polar surface area (TPSA) is 46.6 Å². The standard InChI is InChI=1S/C17H22BrNO3S/c1-11-9-15(12(2)8-14(11)18)23-10-16(20)19-6-4-13(5-7-19)17(21)22-3/h8-9,13H,4-7,10H2,1-3H3. The first-order valence-electron chi connectivity index (χ1n) is 7.67. The normalized spacial score (nSPS) is 15.6. The molecule has 1 aromatic carbocycles. The van der Waals surface area contributed by atoms with E-state index in [4.69, 9.17) is 4.74 Å². The third kappa shape index (κ3) is 4.73. The first kappa shape index (κ1) is 18.3. The predicted molar refractivity (Wildman–Crippen MR) is 95.7 cm³/mol. The molecule has 4 nitrogen and oxygen atoms in total. The van der Waals surface area contributed by atoms with E-state index in [0.717, 1.165) is 9.37 Å². The number of hydrogen-bond donors (Lipinski definition) is 0. The first-order valence-corrected chi connectivity index (χ1v) is 9.45. The summed E-state index contributed by atoms with van der Waals surface area (Å²) in [6.45, 7) is 5.38. The number of nitrogens with zero attached hydrogens (tertiary/aromatic N) is 1. The molecule has 1 aliphatic heterocycles. The van der Waals surface area contributed by atoms with Crippen molar-refractivity contribution in [3.63, 3.8) is 0 Å². The fraction of sp³-hybridized carbons (Fsp3) is 0.529. The monoisotopic (exact) mass is 399 g/mol. The van der Waals surface area contributed by atoms with E-state index in [2.05, 4.69) is 35.0 Å². The Balaban J connectivity index is 1.87. The highest BCUT2D eigenvalue weighted by atomic mass is 79.9. The highest BCUT2D eigenvalue weighted by molar-refractivity contribution is 9.10. The van der Waals surface area contributed by atoms with E-state index < -0.39 is 0 Å². The van der Waals surface area contributed by atoms with Crippen molar-refractivity contribution < 1.29 is 14.3 Å². The van der Waals surface area contributed by atoms with Crippen LogP contribution in [0, 0.1) is 19.8 Å². The van der Waals surface area contributed by atoms with Crippen LogP contribution in [0.1, 0.15) is 24.0 Å². The van der Waals surface area contributed by atoms with Gasteiger partial charge in [0, 0.05) is 22.5 Å². The molecule has 2 rings (SSSR count). The van der Waals surface area contributed by atoms with Gasteiger partial charge >= 0.3 is 5.97 Å². The molecular formula is C17H22BrNO3S. The smallest absolute Gasteiger partial charge is 0.308 e. The number of benzene rings is 1. The SMILES string of the molecule is COC(=O)C1CCN(C(=O)CSc2cc(C)c(Br)cc2C)CC1. The van der Waals surface area contributed by atoms with Crippen LogP contribution in [-0.2, 0) is 14.3 Å². The number of piperidine rings is 1. The maximum atomic E-state index is 12.4. The minimum atomic E-state index is -0.160. The lowest BCUT2D eigenvalue weighted by Gasteiger charge is -2.30. The number of carbonyl (C=O) groups excluding carboxylic acids is 2. The largest absolute Gasteiger partial charge is 0.469 e. The molecule has 0 aromatic heterocycles. The van der Waals surface area contributed by atoms with E-state index in [1.54, 1.807) is 11.8 Å². The lowest BCUT2D eigenvalue weighted by molar-refractivity contribution is -0.148. The van der Waals surface area contributed by atoms with E-state index in [1.807, 2.05) is 11.8 Å². The maximum Gasteiger partial charge on any atom is 0.308 e. The van der Waals surface area contributed by atoms with Crippen molar-refractivity contribution >= 4 is 39.6 Å². The van der Waals surface area contributed by atoms with Crippen LogP contribution in [0.2, 0.25) is 0 Å². The van der Waals surface area contributed by atoms with Gasteiger partial charge in [0.2, 0.25) is 5.91 Å². The van der Waals surface area contributed by atoms with Crippen molar-refractivity contribution in [1.29, 1.82) is 0 Å². The molecule has 1 aromatic rings. The second-order valence-corrected chi connectivity index (χ2v) is 7.71. The van der Waals surface area contributed by atoms with Crippen molar-refractivity contribution in [2.45, 2.75) is 31.6 Å². The van der Waals surface area contributed by atoms with Gasteiger partial charge in [0.1, 0.15) is 0 Å². The number of hydrogen-bond acceptors (Lipinski definition) is 4. The van der Waals surface area contributed by atoms with Gasteiger partial charge in [-0.3, -0.25) is 9.59 Å². The number of esters is 1. The molecule has 0 atom stereocenters. The average Bonchev–Trinajstić information content (AvgIpc) is 2.56. The molecule has 1 heterocycles. The van der Waals surface area contributed by atoms with E-state index in [1.165, 1.54) is 18.2 Å². The lowest BCUT2D eigenvalue weighted by Crippen LogP contribution is -2.41. The van der Waals surface area contributed by atoms with Gasteiger partial charge in [0.15, 0.2) is 0 Å². The molecule has 23 heavy (non-hydrogen) atoms. The number of ether oxygens (including phenoxy) is 1. The number of aryl methyl sites for hydroxylation is 2. The third-order valence-corrected chi connectivity index (χ3v) is 6.19. The van der Waals surface area contributed by atoms with Crippen molar-refractivity contribution in [2.24, 2.45) is 5.92 Å². The maximum absolute atomic E-state index is 12.4. The summed E-state index contributed by atoms with van der Waals surface area (Å²) >= 11 is 5.10. The molecule has 0 N–H and O–H groups in total. The van der Waals surface area contributed by atoms with Crippen LogP contribution in [0.3, 0.4) is 0 Å². The number of methoxy groups -OCH3 is 1. The van der Waals surface area contributed by atoms with Gasteiger partial charge in [-0.2, -0.15) is 0 Å². The highest BCUT2D eigenvalue weighted by Gasteiger charge is 2.27. The second kappa shape index (κ2) is 8.20. The summed E-state index contributed by atoms with van der Waals surface area (Å²) in [5, 5.41) is 0. The number of carbonyl (C=O) groups is 2. The van der Waals surface area contributed by atoms with Crippen molar-refractivity contribution in [1.82, 2.24) is 4.90 Å². The van der Waals surface area contributed by atoms with E-state index >= 15 is 0 Å². The van der Waals surface area contributed by atoms with Crippen molar-refractivity contribution in [3.8, 4) is 0 Å². The predicted octanol–water partition coefficient (Wildman–Crippen LogP) is 3.57. The fourth-order valence-corrected chi connectivity index (χ4v) is 4.14. The minimum Gasteiger partial charge on any atom is -0.469 e. The summed E-state index contributed by atoms with van der Waals surface area (Å²) < 4.78 is 5.87. The Morgan fingerprint density at radius 2 is 1.91 bits per heavy atom. The van der Waals surface area contributed by atoms with Crippen LogP contribution in [0.5, 0.6) is 0 Å². The molecule has 0 saturated carbocycles. The second-order valence-electron chi connectivity index (χ2n) is 5.83. The van der Waals surface area contributed by atoms with Gasteiger partial charge in [-0.25, -0.2) is 0 Å². The number of likely N-dealkylation sites (tertiary alicyclic amines) is 1. The number of thioether (sulfide) groups is 1. The number of halogens is 1. The fourth-order valence-electron chi connectivity index (χ4n) is 2.67. The Bertz CT molecular complexity index is 598. The summed E-state index contributed by atoms with van der Waals surface area (Å²) in [7, 11) is 1.42. The van der Waals surface area contributed by atoms with Crippen LogP contribution in [0.25, 0.3) is 0 Å². The number of amides is 1. The van der Waals surface area contributed by atoms with Crippen LogP contribution in [0.4, 0.5) is 0 Å². The van der Waals surface area contributed by atoms with Gasteiger partial charge in [0.05, 0.1) is 18.8 Å². The van der Waals surface area contributed by atoms with Gasteiger partial charge in [-0.1, -0.05) is 15.9 Å². The molecular weight excluding hydrogens is 378 g/mol. The van der Waals surface area contributed by atoms with Crippen LogP contribution >= 0.6 is 27.7 Å². The lowest BCUT2D eigenvalue weighted by atomic mass is 9.97. The summed E-state index contributed by atoms with van der Waals surface area (Å²) in [5.41, 5.74) is 2.34. The zero-order valence-electron chi connectivity index (χ0n) is 13.7. The molecule has 1 aliphatic rings.